The molecule has 1 aromatic rings. The van der Waals surface area contributed by atoms with Gasteiger partial charge < -0.3 is 10.3 Å². The minimum Gasteiger partial charge on any atom is -0.367 e. The zero-order valence-corrected chi connectivity index (χ0v) is 5.93. The molecular weight excluding hydrogens is 124 g/mol. The SMILES string of the molecule is C=CCNCc1cc[nH]c1. The number of nitrogens with one attached hydrogen (secondary N) is 2. The molecule has 0 aliphatic heterocycles. The van der Waals surface area contributed by atoms with Crippen molar-refractivity contribution in [2.24, 2.45) is 0 Å². The van der Waals surface area contributed by atoms with Crippen LogP contribution in [0.5, 0.6) is 0 Å². The number of aromatic nitrogens is 1. The van der Waals surface area contributed by atoms with E-state index in [1.165, 1.54) is 5.56 Å². The summed E-state index contributed by atoms with van der Waals surface area (Å²) in [6.07, 6.45) is 5.76. The van der Waals surface area contributed by atoms with Crippen LogP contribution < -0.4 is 5.32 Å². The van der Waals surface area contributed by atoms with Gasteiger partial charge in [0.15, 0.2) is 0 Å². The highest BCUT2D eigenvalue weighted by atomic mass is 14.8. The van der Waals surface area contributed by atoms with E-state index in [4.69, 9.17) is 0 Å². The van der Waals surface area contributed by atoms with Gasteiger partial charge in [0, 0.05) is 25.5 Å². The predicted octanol–water partition coefficient (Wildman–Crippen LogP) is 1.29. The standard InChI is InChI=1S/C8H12N2/c1-2-4-9-6-8-3-5-10-7-8/h2-3,5,7,9-10H,1,4,6H2. The van der Waals surface area contributed by atoms with Crippen molar-refractivity contribution >= 4 is 0 Å². The monoisotopic (exact) mass is 136 g/mol. The van der Waals surface area contributed by atoms with Gasteiger partial charge in [0.05, 0.1) is 0 Å². The zero-order chi connectivity index (χ0) is 7.23. The lowest BCUT2D eigenvalue weighted by atomic mass is 10.3. The quantitative estimate of drug-likeness (QED) is 0.473. The summed E-state index contributed by atoms with van der Waals surface area (Å²) in [5, 5.41) is 3.20. The molecule has 10 heavy (non-hydrogen) atoms. The van der Waals surface area contributed by atoms with Crippen LogP contribution in [0, 0.1) is 0 Å². The molecule has 2 N–H and O–H groups in total. The Morgan fingerprint density at radius 2 is 2.60 bits per heavy atom. The molecule has 0 aromatic carbocycles. The number of hydrogen-bond acceptors (Lipinski definition) is 1. The maximum Gasteiger partial charge on any atom is 0.0223 e. The first-order valence-corrected chi connectivity index (χ1v) is 3.37. The fourth-order valence-corrected chi connectivity index (χ4v) is 0.787. The maximum absolute atomic E-state index is 3.61. The number of H-pyrrole nitrogens is 1. The normalized spacial score (nSPS) is 9.60. The lowest BCUT2D eigenvalue weighted by Gasteiger charge is -1.96. The van der Waals surface area contributed by atoms with Crippen molar-refractivity contribution in [3.63, 3.8) is 0 Å². The first kappa shape index (κ1) is 7.09. The molecule has 0 aliphatic rings. The van der Waals surface area contributed by atoms with Crippen LogP contribution in [0.4, 0.5) is 0 Å². The van der Waals surface area contributed by atoms with Gasteiger partial charge in [-0.25, -0.2) is 0 Å². The molecule has 0 atom stereocenters. The van der Waals surface area contributed by atoms with Crippen LogP contribution in [0.25, 0.3) is 0 Å². The Labute approximate surface area is 61.0 Å². The van der Waals surface area contributed by atoms with Crippen LogP contribution in [-0.2, 0) is 6.54 Å². The van der Waals surface area contributed by atoms with Gasteiger partial charge in [-0.2, -0.15) is 0 Å². The Balaban J connectivity index is 2.21. The minimum absolute atomic E-state index is 0.866. The molecule has 0 saturated carbocycles. The van der Waals surface area contributed by atoms with Crippen LogP contribution in [-0.4, -0.2) is 11.5 Å². The summed E-state index contributed by atoms with van der Waals surface area (Å²) in [6, 6.07) is 2.05. The van der Waals surface area contributed by atoms with E-state index in [0.29, 0.717) is 0 Å². The van der Waals surface area contributed by atoms with Gasteiger partial charge in [-0.1, -0.05) is 6.08 Å². The summed E-state index contributed by atoms with van der Waals surface area (Å²) in [4.78, 5) is 2.99. The molecule has 2 heteroatoms. The fourth-order valence-electron chi connectivity index (χ4n) is 0.787. The summed E-state index contributed by atoms with van der Waals surface area (Å²) in [6.45, 7) is 5.39. The van der Waals surface area contributed by atoms with Crippen molar-refractivity contribution in [2.45, 2.75) is 6.54 Å². The summed E-state index contributed by atoms with van der Waals surface area (Å²) < 4.78 is 0. The third kappa shape index (κ3) is 2.07. The van der Waals surface area contributed by atoms with Gasteiger partial charge in [-0.3, -0.25) is 0 Å². The second kappa shape index (κ2) is 3.90. The Hall–Kier alpha value is -1.02. The molecule has 54 valence electrons. The van der Waals surface area contributed by atoms with Gasteiger partial charge >= 0.3 is 0 Å². The molecule has 2 nitrogen and oxygen atoms in total. The van der Waals surface area contributed by atoms with Crippen LogP contribution in [0.2, 0.25) is 0 Å². The van der Waals surface area contributed by atoms with E-state index in [1.54, 1.807) is 0 Å². The van der Waals surface area contributed by atoms with E-state index in [9.17, 15) is 0 Å². The molecule has 0 unspecified atom stereocenters. The van der Waals surface area contributed by atoms with E-state index in [2.05, 4.69) is 22.9 Å². The number of rotatable bonds is 4. The summed E-state index contributed by atoms with van der Waals surface area (Å²) in [5.74, 6) is 0. The van der Waals surface area contributed by atoms with Gasteiger partial charge in [-0.15, -0.1) is 6.58 Å². The molecule has 1 heterocycles. The Bertz CT molecular complexity index is 177. The third-order valence-corrected chi connectivity index (χ3v) is 1.28. The summed E-state index contributed by atoms with van der Waals surface area (Å²) in [7, 11) is 0. The van der Waals surface area contributed by atoms with Crippen molar-refractivity contribution in [3.05, 3.63) is 36.7 Å². The largest absolute Gasteiger partial charge is 0.367 e. The highest BCUT2D eigenvalue weighted by Crippen LogP contribution is 1.93. The van der Waals surface area contributed by atoms with E-state index < -0.39 is 0 Å². The zero-order valence-electron chi connectivity index (χ0n) is 5.93. The van der Waals surface area contributed by atoms with Crippen LogP contribution >= 0.6 is 0 Å². The van der Waals surface area contributed by atoms with Crippen LogP contribution in [0.1, 0.15) is 5.56 Å². The third-order valence-electron chi connectivity index (χ3n) is 1.28. The smallest absolute Gasteiger partial charge is 0.0223 e. The highest BCUT2D eigenvalue weighted by molar-refractivity contribution is 5.07. The number of aromatic amines is 1. The predicted molar refractivity (Wildman–Crippen MR) is 42.7 cm³/mol. The molecule has 0 saturated heterocycles. The van der Waals surface area contributed by atoms with Gasteiger partial charge in [-0.05, 0) is 11.6 Å². The highest BCUT2D eigenvalue weighted by Gasteiger charge is 1.87. The van der Waals surface area contributed by atoms with Crippen molar-refractivity contribution in [3.8, 4) is 0 Å². The first-order valence-electron chi connectivity index (χ1n) is 3.37. The molecule has 0 fully saturated rings. The van der Waals surface area contributed by atoms with Gasteiger partial charge in [0.2, 0.25) is 0 Å². The van der Waals surface area contributed by atoms with E-state index in [0.717, 1.165) is 13.1 Å². The van der Waals surface area contributed by atoms with Gasteiger partial charge in [0.25, 0.3) is 0 Å². The van der Waals surface area contributed by atoms with E-state index >= 15 is 0 Å². The fraction of sp³-hybridized carbons (Fsp3) is 0.250. The summed E-state index contributed by atoms with van der Waals surface area (Å²) in [5.41, 5.74) is 1.28. The topological polar surface area (TPSA) is 27.8 Å². The van der Waals surface area contributed by atoms with Crippen molar-refractivity contribution in [1.29, 1.82) is 0 Å². The first-order chi connectivity index (χ1) is 4.93. The Morgan fingerprint density at radius 1 is 1.70 bits per heavy atom. The molecular formula is C8H12N2. The van der Waals surface area contributed by atoms with E-state index in [-0.39, 0.29) is 0 Å². The number of hydrogen-bond donors (Lipinski definition) is 2. The Morgan fingerprint density at radius 3 is 3.20 bits per heavy atom. The van der Waals surface area contributed by atoms with Gasteiger partial charge in [0.1, 0.15) is 0 Å². The average Bonchev–Trinajstić information content (AvgIpc) is 2.41. The average molecular weight is 136 g/mol. The Kier molecular flexibility index (Phi) is 2.77. The van der Waals surface area contributed by atoms with Crippen molar-refractivity contribution in [1.82, 2.24) is 10.3 Å². The molecule has 1 aromatic heterocycles. The van der Waals surface area contributed by atoms with Crippen molar-refractivity contribution in [2.75, 3.05) is 6.54 Å². The molecule has 0 amide bonds. The second-order valence-corrected chi connectivity index (χ2v) is 2.14. The minimum atomic E-state index is 0.866. The van der Waals surface area contributed by atoms with Crippen LogP contribution in [0.15, 0.2) is 31.1 Å². The van der Waals surface area contributed by atoms with Crippen LogP contribution in [0.3, 0.4) is 0 Å². The molecule has 0 aliphatic carbocycles. The van der Waals surface area contributed by atoms with E-state index in [1.807, 2.05) is 18.5 Å². The lowest BCUT2D eigenvalue weighted by molar-refractivity contribution is 0.761. The summed E-state index contributed by atoms with van der Waals surface area (Å²) >= 11 is 0. The maximum atomic E-state index is 3.61. The molecule has 0 bridgehead atoms. The molecule has 0 spiro atoms. The van der Waals surface area contributed by atoms with Crippen molar-refractivity contribution < 1.29 is 0 Å². The molecule has 1 rings (SSSR count). The molecule has 0 radical (unpaired) electrons. The lowest BCUT2D eigenvalue weighted by Crippen LogP contribution is -2.11. The second-order valence-electron chi connectivity index (χ2n) is 2.14.